The number of nitrogens with two attached hydrogens (primary N) is 1. The number of aromatic nitrogens is 3. The minimum Gasteiger partial charge on any atom is -0.434 e. The van der Waals surface area contributed by atoms with Crippen LogP contribution in [0.2, 0.25) is 5.02 Å². The average Bonchev–Trinajstić information content (AvgIpc) is 3.24. The molecule has 2 aromatic carbocycles. The van der Waals surface area contributed by atoms with Gasteiger partial charge >= 0.3 is 0 Å². The van der Waals surface area contributed by atoms with Crippen molar-refractivity contribution in [2.45, 2.75) is 0 Å². The number of benzene rings is 2. The Balaban J connectivity index is 1.48. The van der Waals surface area contributed by atoms with Gasteiger partial charge in [-0.2, -0.15) is 4.98 Å². The standard InChI is InChI=1S/C20H13ClFN5O2S/c21-16-17(23)24-10-25-19(16)29-15-7-6-12(8-13(15)22)26-18(28)20-27-14(9-30-20)11-4-2-1-3-5-11/h1-10H,(H,26,28)(H2,23,24,25). The molecule has 2 heterocycles. The Bertz CT molecular complexity index is 1220. The SMILES string of the molecule is Nc1ncnc(Oc2ccc(NC(=O)c3nc(-c4ccccc4)cs3)cc2F)c1Cl. The Morgan fingerprint density at radius 1 is 1.17 bits per heavy atom. The molecule has 0 unspecified atom stereocenters. The zero-order valence-corrected chi connectivity index (χ0v) is 16.7. The van der Waals surface area contributed by atoms with Gasteiger partial charge in [0, 0.05) is 22.7 Å². The van der Waals surface area contributed by atoms with Crippen LogP contribution in [0.1, 0.15) is 9.80 Å². The average molecular weight is 442 g/mol. The fourth-order valence-electron chi connectivity index (χ4n) is 2.51. The lowest BCUT2D eigenvalue weighted by Gasteiger charge is -2.09. The topological polar surface area (TPSA) is 103 Å². The van der Waals surface area contributed by atoms with E-state index in [2.05, 4.69) is 20.3 Å². The summed E-state index contributed by atoms with van der Waals surface area (Å²) in [6, 6.07) is 13.5. The second-order valence-corrected chi connectivity index (χ2v) is 7.22. The first-order chi connectivity index (χ1) is 14.5. The molecule has 0 spiro atoms. The first-order valence-corrected chi connectivity index (χ1v) is 9.82. The number of thiazole rings is 1. The monoisotopic (exact) mass is 441 g/mol. The van der Waals surface area contributed by atoms with Gasteiger partial charge in [-0.15, -0.1) is 11.3 Å². The third-order valence-corrected chi connectivity index (χ3v) is 5.15. The fourth-order valence-corrected chi connectivity index (χ4v) is 3.36. The van der Waals surface area contributed by atoms with Crippen LogP contribution in [0.15, 0.2) is 60.2 Å². The maximum atomic E-state index is 14.4. The lowest BCUT2D eigenvalue weighted by Crippen LogP contribution is -2.11. The maximum Gasteiger partial charge on any atom is 0.284 e. The third kappa shape index (κ3) is 4.22. The molecule has 0 aliphatic rings. The highest BCUT2D eigenvalue weighted by molar-refractivity contribution is 7.12. The van der Waals surface area contributed by atoms with Gasteiger partial charge in [-0.05, 0) is 12.1 Å². The minimum atomic E-state index is -0.717. The fraction of sp³-hybridized carbons (Fsp3) is 0. The van der Waals surface area contributed by atoms with Crippen LogP contribution in [0, 0.1) is 5.82 Å². The van der Waals surface area contributed by atoms with Gasteiger partial charge in [0.1, 0.15) is 17.2 Å². The van der Waals surface area contributed by atoms with Gasteiger partial charge in [-0.25, -0.2) is 14.4 Å². The van der Waals surface area contributed by atoms with Crippen LogP contribution in [0.25, 0.3) is 11.3 Å². The number of hydrogen-bond donors (Lipinski definition) is 2. The highest BCUT2D eigenvalue weighted by Crippen LogP contribution is 2.32. The number of nitrogen functional groups attached to an aromatic ring is 1. The van der Waals surface area contributed by atoms with Gasteiger partial charge < -0.3 is 15.8 Å². The van der Waals surface area contributed by atoms with Crippen LogP contribution in [0.5, 0.6) is 11.6 Å². The van der Waals surface area contributed by atoms with E-state index in [1.807, 2.05) is 30.3 Å². The van der Waals surface area contributed by atoms with Crippen molar-refractivity contribution in [1.82, 2.24) is 15.0 Å². The molecule has 1 amide bonds. The van der Waals surface area contributed by atoms with E-state index in [1.165, 1.54) is 23.5 Å². The van der Waals surface area contributed by atoms with E-state index < -0.39 is 11.7 Å². The lowest BCUT2D eigenvalue weighted by atomic mass is 10.2. The Kier molecular flexibility index (Phi) is 5.55. The second-order valence-electron chi connectivity index (χ2n) is 5.98. The van der Waals surface area contributed by atoms with E-state index in [9.17, 15) is 9.18 Å². The number of rotatable bonds is 5. The summed E-state index contributed by atoms with van der Waals surface area (Å²) in [6.45, 7) is 0. The second kappa shape index (κ2) is 8.44. The van der Waals surface area contributed by atoms with Gasteiger partial charge in [0.05, 0.1) is 5.69 Å². The molecule has 4 rings (SSSR count). The quantitative estimate of drug-likeness (QED) is 0.450. The highest BCUT2D eigenvalue weighted by atomic mass is 35.5. The first kappa shape index (κ1) is 19.7. The molecule has 10 heteroatoms. The number of carbonyl (C=O) groups excluding carboxylic acids is 1. The molecule has 150 valence electrons. The number of amides is 1. The summed E-state index contributed by atoms with van der Waals surface area (Å²) < 4.78 is 19.8. The van der Waals surface area contributed by atoms with Crippen molar-refractivity contribution in [2.24, 2.45) is 0 Å². The van der Waals surface area contributed by atoms with Crippen LogP contribution in [-0.4, -0.2) is 20.9 Å². The number of carbonyl (C=O) groups is 1. The van der Waals surface area contributed by atoms with Crippen LogP contribution >= 0.6 is 22.9 Å². The molecule has 0 saturated carbocycles. The molecule has 0 saturated heterocycles. The molecule has 0 aliphatic carbocycles. The van der Waals surface area contributed by atoms with Crippen molar-refractivity contribution in [3.8, 4) is 22.9 Å². The number of anilines is 2. The molecule has 7 nitrogen and oxygen atoms in total. The van der Waals surface area contributed by atoms with Crippen molar-refractivity contribution in [3.05, 3.63) is 76.1 Å². The molecule has 0 atom stereocenters. The van der Waals surface area contributed by atoms with Crippen molar-refractivity contribution in [2.75, 3.05) is 11.1 Å². The van der Waals surface area contributed by atoms with Crippen LogP contribution in [-0.2, 0) is 0 Å². The summed E-state index contributed by atoms with van der Waals surface area (Å²) in [4.78, 5) is 24.3. The van der Waals surface area contributed by atoms with E-state index in [4.69, 9.17) is 22.1 Å². The predicted octanol–water partition coefficient (Wildman–Crippen LogP) is 5.02. The molecule has 0 radical (unpaired) electrons. The number of ether oxygens (including phenoxy) is 1. The van der Waals surface area contributed by atoms with Crippen molar-refractivity contribution in [1.29, 1.82) is 0 Å². The van der Waals surface area contributed by atoms with Gasteiger partial charge in [0.2, 0.25) is 5.88 Å². The van der Waals surface area contributed by atoms with E-state index in [0.29, 0.717) is 5.69 Å². The van der Waals surface area contributed by atoms with Crippen molar-refractivity contribution < 1.29 is 13.9 Å². The highest BCUT2D eigenvalue weighted by Gasteiger charge is 2.15. The van der Waals surface area contributed by atoms with E-state index in [1.54, 1.807) is 5.38 Å². The summed E-state index contributed by atoms with van der Waals surface area (Å²) in [5.41, 5.74) is 7.42. The summed E-state index contributed by atoms with van der Waals surface area (Å²) in [5.74, 6) is -1.35. The molecular formula is C20H13ClFN5O2S. The van der Waals surface area contributed by atoms with E-state index >= 15 is 0 Å². The Morgan fingerprint density at radius 2 is 1.97 bits per heavy atom. The van der Waals surface area contributed by atoms with E-state index in [0.717, 1.165) is 18.0 Å². The predicted molar refractivity (Wildman–Crippen MR) is 113 cm³/mol. The number of halogens is 2. The molecule has 30 heavy (non-hydrogen) atoms. The molecule has 3 N–H and O–H groups in total. The molecule has 0 aliphatic heterocycles. The molecule has 4 aromatic rings. The van der Waals surface area contributed by atoms with Gasteiger partial charge in [-0.3, -0.25) is 4.79 Å². The summed E-state index contributed by atoms with van der Waals surface area (Å²) in [5, 5.41) is 4.65. The van der Waals surface area contributed by atoms with Crippen molar-refractivity contribution in [3.63, 3.8) is 0 Å². The van der Waals surface area contributed by atoms with Crippen molar-refractivity contribution >= 4 is 40.4 Å². The Morgan fingerprint density at radius 3 is 2.73 bits per heavy atom. The lowest BCUT2D eigenvalue weighted by molar-refractivity contribution is 0.102. The zero-order valence-electron chi connectivity index (χ0n) is 15.2. The molecule has 2 aromatic heterocycles. The van der Waals surface area contributed by atoms with Gasteiger partial charge in [-0.1, -0.05) is 41.9 Å². The summed E-state index contributed by atoms with van der Waals surface area (Å²) >= 11 is 7.15. The van der Waals surface area contributed by atoms with Gasteiger partial charge in [0.15, 0.2) is 16.6 Å². The summed E-state index contributed by atoms with van der Waals surface area (Å²) in [6.07, 6.45) is 1.15. The van der Waals surface area contributed by atoms with Gasteiger partial charge in [0.25, 0.3) is 5.91 Å². The molecule has 0 bridgehead atoms. The third-order valence-electron chi connectivity index (χ3n) is 3.95. The number of nitrogens with zero attached hydrogens (tertiary/aromatic N) is 3. The Labute approximate surface area is 179 Å². The Hall–Kier alpha value is -3.56. The number of hydrogen-bond acceptors (Lipinski definition) is 7. The van der Waals surface area contributed by atoms with Crippen LogP contribution in [0.4, 0.5) is 15.9 Å². The molecular weight excluding hydrogens is 429 g/mol. The minimum absolute atomic E-state index is 0.0179. The molecule has 0 fully saturated rings. The van der Waals surface area contributed by atoms with Crippen LogP contribution < -0.4 is 15.8 Å². The maximum absolute atomic E-state index is 14.4. The zero-order chi connectivity index (χ0) is 21.1. The van der Waals surface area contributed by atoms with Crippen LogP contribution in [0.3, 0.4) is 0 Å². The number of nitrogens with one attached hydrogen (secondary N) is 1. The largest absolute Gasteiger partial charge is 0.434 e. The smallest absolute Gasteiger partial charge is 0.284 e. The summed E-state index contributed by atoms with van der Waals surface area (Å²) in [7, 11) is 0. The first-order valence-electron chi connectivity index (χ1n) is 8.57. The normalized spacial score (nSPS) is 10.6. The van der Waals surface area contributed by atoms with E-state index in [-0.39, 0.29) is 33.2 Å².